The maximum Gasteiger partial charge on any atom is 0.185 e. The highest BCUT2D eigenvalue weighted by Crippen LogP contribution is 2.27. The molecule has 0 radical (unpaired) electrons. The summed E-state index contributed by atoms with van der Waals surface area (Å²) in [5, 5.41) is 14.5. The largest absolute Gasteiger partial charge is 0.507 e. The van der Waals surface area contributed by atoms with Gasteiger partial charge in [-0.3, -0.25) is 0 Å². The Labute approximate surface area is 102 Å². The number of hydrogen-bond donors (Lipinski definition) is 1. The van der Waals surface area contributed by atoms with Gasteiger partial charge in [-0.2, -0.15) is 0 Å². The number of halogens is 1. The number of para-hydroxylation sites is 1. The molecule has 0 aliphatic carbocycles. The van der Waals surface area contributed by atoms with Crippen molar-refractivity contribution in [3.63, 3.8) is 0 Å². The Morgan fingerprint density at radius 2 is 1.94 bits per heavy atom. The van der Waals surface area contributed by atoms with Crippen LogP contribution < -0.4 is 0 Å². The van der Waals surface area contributed by atoms with E-state index in [0.29, 0.717) is 22.1 Å². The summed E-state index contributed by atoms with van der Waals surface area (Å²) in [6.45, 7) is 0. The first-order chi connectivity index (χ1) is 8.25. The molecule has 0 saturated carbocycles. The first kappa shape index (κ1) is 10.1. The average molecular weight is 246 g/mol. The fourth-order valence-corrected chi connectivity index (χ4v) is 1.85. The van der Waals surface area contributed by atoms with Crippen LogP contribution in [0.5, 0.6) is 5.75 Å². The van der Waals surface area contributed by atoms with Crippen LogP contribution in [0.25, 0.3) is 17.0 Å². The number of fused-ring (bicyclic) bond motifs is 1. The monoisotopic (exact) mass is 245 g/mol. The van der Waals surface area contributed by atoms with Gasteiger partial charge in [0, 0.05) is 6.20 Å². The molecule has 5 heteroatoms. The maximum atomic E-state index is 9.74. The van der Waals surface area contributed by atoms with Crippen LogP contribution in [0.4, 0.5) is 0 Å². The van der Waals surface area contributed by atoms with Crippen molar-refractivity contribution in [3.05, 3.63) is 47.6 Å². The van der Waals surface area contributed by atoms with Gasteiger partial charge in [-0.05, 0) is 24.3 Å². The minimum atomic E-state index is 0.152. The molecule has 3 rings (SSSR count). The molecule has 4 nitrogen and oxygen atoms in total. The molecule has 2 aromatic heterocycles. The SMILES string of the molecule is Oc1ccccc1-c1nc2c(Cl)cccn2n1. The van der Waals surface area contributed by atoms with E-state index in [4.69, 9.17) is 11.6 Å². The lowest BCUT2D eigenvalue weighted by Crippen LogP contribution is -1.86. The highest BCUT2D eigenvalue weighted by Gasteiger charge is 2.11. The molecular weight excluding hydrogens is 238 g/mol. The summed E-state index contributed by atoms with van der Waals surface area (Å²) in [6.07, 6.45) is 1.76. The van der Waals surface area contributed by atoms with E-state index >= 15 is 0 Å². The molecule has 84 valence electrons. The second kappa shape index (κ2) is 3.75. The summed E-state index contributed by atoms with van der Waals surface area (Å²) in [6, 6.07) is 10.5. The standard InChI is InChI=1S/C12H8ClN3O/c13-9-5-3-7-16-12(9)14-11(15-16)8-4-1-2-6-10(8)17/h1-7,17H. The number of benzene rings is 1. The smallest absolute Gasteiger partial charge is 0.185 e. The molecule has 0 saturated heterocycles. The van der Waals surface area contributed by atoms with Crippen molar-refractivity contribution in [2.45, 2.75) is 0 Å². The van der Waals surface area contributed by atoms with E-state index in [2.05, 4.69) is 10.1 Å². The van der Waals surface area contributed by atoms with Crippen molar-refractivity contribution >= 4 is 17.2 Å². The molecule has 17 heavy (non-hydrogen) atoms. The van der Waals surface area contributed by atoms with Crippen molar-refractivity contribution in [2.24, 2.45) is 0 Å². The van der Waals surface area contributed by atoms with Gasteiger partial charge in [0.05, 0.1) is 10.6 Å². The third kappa shape index (κ3) is 1.62. The molecule has 0 fully saturated rings. The lowest BCUT2D eigenvalue weighted by Gasteiger charge is -1.97. The zero-order valence-corrected chi connectivity index (χ0v) is 9.46. The van der Waals surface area contributed by atoms with Crippen LogP contribution in [0, 0.1) is 0 Å². The number of rotatable bonds is 1. The summed E-state index contributed by atoms with van der Waals surface area (Å²) in [4.78, 5) is 4.30. The van der Waals surface area contributed by atoms with E-state index in [0.717, 1.165) is 0 Å². The Hall–Kier alpha value is -2.07. The third-order valence-electron chi connectivity index (χ3n) is 2.46. The van der Waals surface area contributed by atoms with E-state index < -0.39 is 0 Å². The molecule has 0 amide bonds. The van der Waals surface area contributed by atoms with E-state index in [1.807, 2.05) is 6.07 Å². The zero-order chi connectivity index (χ0) is 11.8. The lowest BCUT2D eigenvalue weighted by atomic mass is 10.2. The van der Waals surface area contributed by atoms with Gasteiger partial charge in [0.15, 0.2) is 11.5 Å². The lowest BCUT2D eigenvalue weighted by molar-refractivity contribution is 0.477. The quantitative estimate of drug-likeness (QED) is 0.717. The van der Waals surface area contributed by atoms with Gasteiger partial charge in [-0.25, -0.2) is 9.50 Å². The fraction of sp³-hybridized carbons (Fsp3) is 0. The summed E-state index contributed by atoms with van der Waals surface area (Å²) >= 11 is 6.01. The first-order valence-corrected chi connectivity index (χ1v) is 5.43. The molecule has 0 spiro atoms. The van der Waals surface area contributed by atoms with E-state index in [1.54, 1.807) is 41.0 Å². The van der Waals surface area contributed by atoms with Crippen LogP contribution in [0.3, 0.4) is 0 Å². The number of phenols is 1. The number of pyridine rings is 1. The van der Waals surface area contributed by atoms with E-state index in [9.17, 15) is 5.11 Å². The van der Waals surface area contributed by atoms with Gasteiger partial charge < -0.3 is 5.11 Å². The Bertz CT molecular complexity index is 693. The zero-order valence-electron chi connectivity index (χ0n) is 8.71. The second-order valence-corrected chi connectivity index (χ2v) is 3.98. The van der Waals surface area contributed by atoms with Crippen LogP contribution >= 0.6 is 11.6 Å². The van der Waals surface area contributed by atoms with E-state index in [1.165, 1.54) is 0 Å². The first-order valence-electron chi connectivity index (χ1n) is 5.05. The number of aromatic hydroxyl groups is 1. The minimum Gasteiger partial charge on any atom is -0.507 e. The average Bonchev–Trinajstić information content (AvgIpc) is 2.75. The van der Waals surface area contributed by atoms with Crippen LogP contribution in [-0.4, -0.2) is 19.7 Å². The van der Waals surface area contributed by atoms with Crippen LogP contribution in [-0.2, 0) is 0 Å². The Balaban J connectivity index is 2.26. The van der Waals surface area contributed by atoms with Crippen molar-refractivity contribution in [1.82, 2.24) is 14.6 Å². The van der Waals surface area contributed by atoms with Crippen molar-refractivity contribution < 1.29 is 5.11 Å². The molecule has 1 aromatic carbocycles. The summed E-state index contributed by atoms with van der Waals surface area (Å²) in [5.74, 6) is 0.607. The van der Waals surface area contributed by atoms with Gasteiger partial charge >= 0.3 is 0 Å². The molecule has 0 bridgehead atoms. The van der Waals surface area contributed by atoms with Crippen molar-refractivity contribution in [3.8, 4) is 17.1 Å². The molecule has 0 aliphatic rings. The highest BCUT2D eigenvalue weighted by molar-refractivity contribution is 6.33. The molecular formula is C12H8ClN3O. The second-order valence-electron chi connectivity index (χ2n) is 3.58. The van der Waals surface area contributed by atoms with Gasteiger partial charge in [0.2, 0.25) is 0 Å². The highest BCUT2D eigenvalue weighted by atomic mass is 35.5. The molecule has 2 heterocycles. The summed E-state index contributed by atoms with van der Waals surface area (Å²) in [5.41, 5.74) is 1.17. The summed E-state index contributed by atoms with van der Waals surface area (Å²) < 4.78 is 1.59. The summed E-state index contributed by atoms with van der Waals surface area (Å²) in [7, 11) is 0. The minimum absolute atomic E-state index is 0.152. The maximum absolute atomic E-state index is 9.74. The Morgan fingerprint density at radius 3 is 2.71 bits per heavy atom. The number of hydrogen-bond acceptors (Lipinski definition) is 3. The molecule has 0 atom stereocenters. The molecule has 0 aliphatic heterocycles. The third-order valence-corrected chi connectivity index (χ3v) is 2.75. The topological polar surface area (TPSA) is 50.4 Å². The van der Waals surface area contributed by atoms with Crippen molar-refractivity contribution in [2.75, 3.05) is 0 Å². The van der Waals surface area contributed by atoms with Gasteiger partial charge in [0.25, 0.3) is 0 Å². The van der Waals surface area contributed by atoms with Gasteiger partial charge in [-0.15, -0.1) is 5.10 Å². The molecule has 1 N–H and O–H groups in total. The van der Waals surface area contributed by atoms with Crippen LogP contribution in [0.1, 0.15) is 0 Å². The number of phenolic OH excluding ortho intramolecular Hbond substituents is 1. The molecule has 0 unspecified atom stereocenters. The van der Waals surface area contributed by atoms with E-state index in [-0.39, 0.29) is 5.75 Å². The van der Waals surface area contributed by atoms with Gasteiger partial charge in [0.1, 0.15) is 5.75 Å². The molecule has 3 aromatic rings. The predicted molar refractivity (Wildman–Crippen MR) is 65.1 cm³/mol. The normalized spacial score (nSPS) is 10.9. The van der Waals surface area contributed by atoms with Crippen LogP contribution in [0.15, 0.2) is 42.6 Å². The van der Waals surface area contributed by atoms with Gasteiger partial charge in [-0.1, -0.05) is 23.7 Å². The predicted octanol–water partition coefficient (Wildman–Crippen LogP) is 2.76. The Morgan fingerprint density at radius 1 is 1.12 bits per heavy atom. The van der Waals surface area contributed by atoms with Crippen LogP contribution in [0.2, 0.25) is 5.02 Å². The number of aromatic nitrogens is 3. The van der Waals surface area contributed by atoms with Crippen molar-refractivity contribution in [1.29, 1.82) is 0 Å². The fourth-order valence-electron chi connectivity index (χ4n) is 1.65. The Kier molecular flexibility index (Phi) is 2.23. The number of nitrogens with zero attached hydrogens (tertiary/aromatic N) is 3.